The predicted molar refractivity (Wildman–Crippen MR) is 82.2 cm³/mol. The molecule has 0 spiro atoms. The van der Waals surface area contributed by atoms with Gasteiger partial charge in [-0.3, -0.25) is 0 Å². The SMILES string of the molecule is CCOc1ccc(N2CC(N)CC(C(O)CC)C2)cc1. The van der Waals surface area contributed by atoms with E-state index in [2.05, 4.69) is 17.0 Å². The summed E-state index contributed by atoms with van der Waals surface area (Å²) in [5.74, 6) is 1.15. The van der Waals surface area contributed by atoms with Crippen LogP contribution < -0.4 is 15.4 Å². The van der Waals surface area contributed by atoms with Crippen LogP contribution in [0.25, 0.3) is 0 Å². The standard InChI is InChI=1S/C16H26N2O2/c1-3-16(19)12-9-13(17)11-18(10-12)14-5-7-15(8-6-14)20-4-2/h5-8,12-13,16,19H,3-4,9-11,17H2,1-2H3. The zero-order valence-electron chi connectivity index (χ0n) is 12.5. The van der Waals surface area contributed by atoms with E-state index in [4.69, 9.17) is 10.5 Å². The largest absolute Gasteiger partial charge is 0.494 e. The summed E-state index contributed by atoms with van der Waals surface area (Å²) in [6.45, 7) is 6.40. The lowest BCUT2D eigenvalue weighted by molar-refractivity contribution is 0.0902. The highest BCUT2D eigenvalue weighted by Gasteiger charge is 2.29. The second kappa shape index (κ2) is 6.95. The molecule has 0 saturated carbocycles. The highest BCUT2D eigenvalue weighted by Crippen LogP contribution is 2.27. The first kappa shape index (κ1) is 15.1. The molecule has 0 aliphatic carbocycles. The van der Waals surface area contributed by atoms with E-state index in [0.717, 1.165) is 37.4 Å². The van der Waals surface area contributed by atoms with Crippen molar-refractivity contribution >= 4 is 5.69 Å². The fourth-order valence-corrected chi connectivity index (χ4v) is 2.92. The number of piperidine rings is 1. The zero-order valence-corrected chi connectivity index (χ0v) is 12.5. The third-order valence-electron chi connectivity index (χ3n) is 3.99. The molecule has 2 rings (SSSR count). The van der Waals surface area contributed by atoms with Crippen LogP contribution in [0.2, 0.25) is 0 Å². The van der Waals surface area contributed by atoms with Gasteiger partial charge in [0.1, 0.15) is 5.75 Å². The van der Waals surface area contributed by atoms with E-state index in [1.54, 1.807) is 0 Å². The van der Waals surface area contributed by atoms with Gasteiger partial charge >= 0.3 is 0 Å². The van der Waals surface area contributed by atoms with E-state index in [1.165, 1.54) is 0 Å². The molecular formula is C16H26N2O2. The number of rotatable bonds is 5. The average Bonchev–Trinajstić information content (AvgIpc) is 2.47. The molecular weight excluding hydrogens is 252 g/mol. The molecule has 0 bridgehead atoms. The molecule has 1 aliphatic heterocycles. The number of hydrogen-bond donors (Lipinski definition) is 2. The molecule has 1 saturated heterocycles. The van der Waals surface area contributed by atoms with Gasteiger partial charge in [-0.25, -0.2) is 0 Å². The molecule has 3 unspecified atom stereocenters. The Kier molecular flexibility index (Phi) is 5.26. The number of ether oxygens (including phenoxy) is 1. The maximum absolute atomic E-state index is 10.1. The summed E-state index contributed by atoms with van der Waals surface area (Å²) in [4.78, 5) is 2.27. The van der Waals surface area contributed by atoms with Gasteiger partial charge in [0, 0.05) is 30.7 Å². The van der Waals surface area contributed by atoms with Crippen LogP contribution in [0.15, 0.2) is 24.3 Å². The van der Waals surface area contributed by atoms with Crippen LogP contribution in [0.5, 0.6) is 5.75 Å². The lowest BCUT2D eigenvalue weighted by Gasteiger charge is -2.39. The summed E-state index contributed by atoms with van der Waals surface area (Å²) < 4.78 is 5.46. The monoisotopic (exact) mass is 278 g/mol. The second-order valence-corrected chi connectivity index (χ2v) is 5.56. The number of nitrogens with zero attached hydrogens (tertiary/aromatic N) is 1. The average molecular weight is 278 g/mol. The first-order valence-electron chi connectivity index (χ1n) is 7.55. The topological polar surface area (TPSA) is 58.7 Å². The van der Waals surface area contributed by atoms with Crippen LogP contribution in [0.3, 0.4) is 0 Å². The molecule has 4 heteroatoms. The van der Waals surface area contributed by atoms with Gasteiger partial charge in [0.15, 0.2) is 0 Å². The number of anilines is 1. The number of aliphatic hydroxyl groups excluding tert-OH is 1. The Morgan fingerprint density at radius 2 is 2.00 bits per heavy atom. The molecule has 3 atom stereocenters. The lowest BCUT2D eigenvalue weighted by atomic mass is 9.88. The van der Waals surface area contributed by atoms with Crippen LogP contribution in [0, 0.1) is 5.92 Å². The minimum absolute atomic E-state index is 0.126. The van der Waals surface area contributed by atoms with Crippen LogP contribution >= 0.6 is 0 Å². The minimum atomic E-state index is -0.258. The van der Waals surface area contributed by atoms with Gasteiger partial charge in [-0.1, -0.05) is 6.92 Å². The van der Waals surface area contributed by atoms with Crippen LogP contribution in [0.4, 0.5) is 5.69 Å². The van der Waals surface area contributed by atoms with Crippen LogP contribution in [0.1, 0.15) is 26.7 Å². The van der Waals surface area contributed by atoms with Crippen molar-refractivity contribution < 1.29 is 9.84 Å². The molecule has 1 fully saturated rings. The van der Waals surface area contributed by atoms with E-state index in [1.807, 2.05) is 26.0 Å². The molecule has 1 aromatic carbocycles. The molecule has 0 aromatic heterocycles. The quantitative estimate of drug-likeness (QED) is 0.865. The summed E-state index contributed by atoms with van der Waals surface area (Å²) in [6.07, 6.45) is 1.43. The van der Waals surface area contributed by atoms with Gasteiger partial charge in [-0.2, -0.15) is 0 Å². The van der Waals surface area contributed by atoms with E-state index in [-0.39, 0.29) is 18.1 Å². The summed E-state index contributed by atoms with van der Waals surface area (Å²) in [6, 6.07) is 8.24. The van der Waals surface area contributed by atoms with Gasteiger partial charge in [-0.05, 0) is 44.0 Å². The molecule has 4 nitrogen and oxygen atoms in total. The number of nitrogens with two attached hydrogens (primary N) is 1. The number of hydrogen-bond acceptors (Lipinski definition) is 4. The molecule has 1 heterocycles. The van der Waals surface area contributed by atoms with E-state index in [0.29, 0.717) is 6.61 Å². The van der Waals surface area contributed by atoms with Crippen molar-refractivity contribution in [2.45, 2.75) is 38.8 Å². The Morgan fingerprint density at radius 3 is 2.60 bits per heavy atom. The van der Waals surface area contributed by atoms with Crippen molar-refractivity contribution in [2.75, 3.05) is 24.6 Å². The first-order valence-corrected chi connectivity index (χ1v) is 7.55. The van der Waals surface area contributed by atoms with E-state index in [9.17, 15) is 5.11 Å². The Balaban J connectivity index is 2.06. The predicted octanol–water partition coefficient (Wildman–Crippen LogP) is 2.01. The second-order valence-electron chi connectivity index (χ2n) is 5.56. The molecule has 0 radical (unpaired) electrons. The van der Waals surface area contributed by atoms with Gasteiger partial charge < -0.3 is 20.5 Å². The first-order chi connectivity index (χ1) is 9.63. The molecule has 1 aliphatic rings. The molecule has 112 valence electrons. The normalized spacial score (nSPS) is 24.5. The van der Waals surface area contributed by atoms with E-state index >= 15 is 0 Å². The third kappa shape index (κ3) is 3.64. The van der Waals surface area contributed by atoms with Crippen molar-refractivity contribution in [3.8, 4) is 5.75 Å². The zero-order chi connectivity index (χ0) is 14.5. The van der Waals surface area contributed by atoms with Crippen molar-refractivity contribution in [3.63, 3.8) is 0 Å². The third-order valence-corrected chi connectivity index (χ3v) is 3.99. The Hall–Kier alpha value is -1.26. The van der Waals surface area contributed by atoms with Crippen molar-refractivity contribution in [1.29, 1.82) is 0 Å². The summed E-state index contributed by atoms with van der Waals surface area (Å²) in [7, 11) is 0. The summed E-state index contributed by atoms with van der Waals surface area (Å²) in [5, 5.41) is 10.1. The number of aliphatic hydroxyl groups is 1. The molecule has 1 aromatic rings. The Morgan fingerprint density at radius 1 is 1.30 bits per heavy atom. The van der Waals surface area contributed by atoms with Gasteiger partial charge in [0.25, 0.3) is 0 Å². The highest BCUT2D eigenvalue weighted by molar-refractivity contribution is 5.49. The van der Waals surface area contributed by atoms with Gasteiger partial charge in [-0.15, -0.1) is 0 Å². The van der Waals surface area contributed by atoms with Crippen molar-refractivity contribution in [2.24, 2.45) is 11.7 Å². The van der Waals surface area contributed by atoms with Crippen LogP contribution in [-0.2, 0) is 0 Å². The smallest absolute Gasteiger partial charge is 0.119 e. The molecule has 3 N–H and O–H groups in total. The number of benzene rings is 1. The fraction of sp³-hybridized carbons (Fsp3) is 0.625. The maximum Gasteiger partial charge on any atom is 0.119 e. The fourth-order valence-electron chi connectivity index (χ4n) is 2.92. The van der Waals surface area contributed by atoms with E-state index < -0.39 is 0 Å². The molecule has 0 amide bonds. The molecule has 20 heavy (non-hydrogen) atoms. The Labute approximate surface area is 121 Å². The van der Waals surface area contributed by atoms with Crippen molar-refractivity contribution in [1.82, 2.24) is 0 Å². The Bertz CT molecular complexity index is 407. The van der Waals surface area contributed by atoms with Gasteiger partial charge in [0.2, 0.25) is 0 Å². The van der Waals surface area contributed by atoms with Crippen LogP contribution in [-0.4, -0.2) is 36.9 Å². The summed E-state index contributed by atoms with van der Waals surface area (Å²) in [5.41, 5.74) is 7.30. The van der Waals surface area contributed by atoms with Gasteiger partial charge in [0.05, 0.1) is 12.7 Å². The summed E-state index contributed by atoms with van der Waals surface area (Å²) >= 11 is 0. The highest BCUT2D eigenvalue weighted by atomic mass is 16.5. The minimum Gasteiger partial charge on any atom is -0.494 e. The van der Waals surface area contributed by atoms with Crippen molar-refractivity contribution in [3.05, 3.63) is 24.3 Å². The lowest BCUT2D eigenvalue weighted by Crippen LogP contribution is -2.50. The maximum atomic E-state index is 10.1.